The zero-order chi connectivity index (χ0) is 19.8. The van der Waals surface area contributed by atoms with E-state index < -0.39 is 8.32 Å². The van der Waals surface area contributed by atoms with Crippen LogP contribution in [0.4, 0.5) is 4.39 Å². The maximum absolute atomic E-state index is 14.7. The van der Waals surface area contributed by atoms with Gasteiger partial charge >= 0.3 is 0 Å². The average molecular weight is 411 g/mol. The second-order valence-corrected chi connectivity index (χ2v) is 14.6. The topological polar surface area (TPSA) is 9.23 Å². The van der Waals surface area contributed by atoms with E-state index in [9.17, 15) is 4.39 Å². The van der Waals surface area contributed by atoms with Crippen molar-refractivity contribution in [2.24, 2.45) is 23.2 Å². The van der Waals surface area contributed by atoms with Crippen molar-refractivity contribution in [1.82, 2.24) is 0 Å². The molecule has 0 amide bonds. The summed E-state index contributed by atoms with van der Waals surface area (Å²) in [5.74, 6) is 2.38. The molecule has 0 spiro atoms. The molecule has 27 heavy (non-hydrogen) atoms. The first-order valence-electron chi connectivity index (χ1n) is 10.9. The van der Waals surface area contributed by atoms with Gasteiger partial charge in [-0.3, -0.25) is 0 Å². The Hall–Kier alpha value is -0.383. The van der Waals surface area contributed by atoms with E-state index in [2.05, 4.69) is 34.6 Å². The van der Waals surface area contributed by atoms with Crippen LogP contribution in [0.1, 0.15) is 72.0 Å². The lowest BCUT2D eigenvalue weighted by Crippen LogP contribution is -2.37. The van der Waals surface area contributed by atoms with E-state index >= 15 is 0 Å². The highest BCUT2D eigenvalue weighted by molar-refractivity contribution is 6.73. The largest absolute Gasteiger partial charge is 0.410 e. The van der Waals surface area contributed by atoms with Gasteiger partial charge in [-0.1, -0.05) is 52.3 Å². The van der Waals surface area contributed by atoms with E-state index in [1.54, 1.807) is 12.1 Å². The molecule has 2 saturated carbocycles. The fraction of sp³-hybridized carbons (Fsp3) is 0.739. The van der Waals surface area contributed by atoms with Crippen LogP contribution in [0.5, 0.6) is 0 Å². The summed E-state index contributed by atoms with van der Waals surface area (Å²) in [6.07, 6.45) is 4.50. The smallest absolute Gasteiger partial charge is 0.192 e. The molecule has 0 bridgehead atoms. The maximum atomic E-state index is 14.7. The van der Waals surface area contributed by atoms with Crippen LogP contribution in [0.25, 0.3) is 0 Å². The summed E-state index contributed by atoms with van der Waals surface area (Å²) in [6.45, 7) is 11.5. The molecule has 2 unspecified atom stereocenters. The molecular weight excluding hydrogens is 375 g/mol. The lowest BCUT2D eigenvalue weighted by molar-refractivity contribution is 0.161. The van der Waals surface area contributed by atoms with Gasteiger partial charge in [-0.15, -0.1) is 0 Å². The molecule has 4 atom stereocenters. The molecule has 0 aromatic heterocycles. The number of hydrogen-bond acceptors (Lipinski definition) is 1. The fourth-order valence-corrected chi connectivity index (χ4v) is 8.74. The van der Waals surface area contributed by atoms with E-state index in [-0.39, 0.29) is 11.9 Å². The predicted octanol–water partition coefficient (Wildman–Crippen LogP) is 8.00. The van der Waals surface area contributed by atoms with Gasteiger partial charge in [-0.25, -0.2) is 4.39 Å². The quantitative estimate of drug-likeness (QED) is 0.374. The van der Waals surface area contributed by atoms with Crippen molar-refractivity contribution >= 4 is 19.9 Å². The number of benzene rings is 1. The summed E-state index contributed by atoms with van der Waals surface area (Å²) in [6, 6.07) is 8.24. The van der Waals surface area contributed by atoms with Gasteiger partial charge in [0.15, 0.2) is 8.32 Å². The van der Waals surface area contributed by atoms with Crippen LogP contribution in [0.2, 0.25) is 23.2 Å². The standard InChI is InChI=1S/C23H36ClFOSi/c1-6-27(7-2,8-3)26-21(22-19(24)10-9-11-20(22)25)13-12-16-14-17-18(15-16)23(17,4)5/h9-11,16-18,21H,6-8,12-15H2,1-5H3/t16?,17-,18+,21?. The molecule has 1 aromatic carbocycles. The highest BCUT2D eigenvalue weighted by atomic mass is 35.5. The molecule has 152 valence electrons. The molecule has 0 aliphatic heterocycles. The Morgan fingerprint density at radius 2 is 1.74 bits per heavy atom. The van der Waals surface area contributed by atoms with Crippen molar-refractivity contribution in [2.75, 3.05) is 0 Å². The van der Waals surface area contributed by atoms with Gasteiger partial charge in [0.25, 0.3) is 0 Å². The molecule has 4 heteroatoms. The average Bonchev–Trinajstić information content (AvgIpc) is 3.00. The summed E-state index contributed by atoms with van der Waals surface area (Å²) in [5.41, 5.74) is 1.16. The molecule has 0 heterocycles. The van der Waals surface area contributed by atoms with Gasteiger partial charge in [0.1, 0.15) is 5.82 Å². The Bertz CT molecular complexity index is 615. The fourth-order valence-electron chi connectivity index (χ4n) is 5.61. The van der Waals surface area contributed by atoms with Crippen LogP contribution in [-0.4, -0.2) is 8.32 Å². The van der Waals surface area contributed by atoms with Crippen LogP contribution < -0.4 is 0 Å². The number of rotatable bonds is 9. The minimum absolute atomic E-state index is 0.199. The van der Waals surface area contributed by atoms with Gasteiger partial charge in [0.2, 0.25) is 0 Å². The van der Waals surface area contributed by atoms with Crippen molar-refractivity contribution in [2.45, 2.75) is 84.5 Å². The molecule has 2 fully saturated rings. The Balaban J connectivity index is 1.74. The van der Waals surface area contributed by atoms with Gasteiger partial charge < -0.3 is 4.43 Å². The first kappa shape index (κ1) is 21.3. The SMILES string of the molecule is CC[Si](CC)(CC)OC(CCC1C[C@@H]2[C@H](C1)C2(C)C)c1c(F)cccc1Cl. The lowest BCUT2D eigenvalue weighted by atomic mass is 9.88. The van der Waals surface area contributed by atoms with E-state index in [4.69, 9.17) is 16.0 Å². The monoisotopic (exact) mass is 410 g/mol. The van der Waals surface area contributed by atoms with Crippen molar-refractivity contribution in [3.05, 3.63) is 34.6 Å². The van der Waals surface area contributed by atoms with Gasteiger partial charge in [-0.05, 0) is 79.1 Å². The Morgan fingerprint density at radius 3 is 2.26 bits per heavy atom. The summed E-state index contributed by atoms with van der Waals surface area (Å²) >= 11 is 6.44. The van der Waals surface area contributed by atoms with E-state index in [0.717, 1.165) is 48.7 Å². The third-order valence-electron chi connectivity index (χ3n) is 7.95. The van der Waals surface area contributed by atoms with Crippen molar-refractivity contribution in [1.29, 1.82) is 0 Å². The minimum Gasteiger partial charge on any atom is -0.410 e. The van der Waals surface area contributed by atoms with Crippen molar-refractivity contribution < 1.29 is 8.82 Å². The van der Waals surface area contributed by atoms with Crippen molar-refractivity contribution in [3.8, 4) is 0 Å². The van der Waals surface area contributed by atoms with Crippen LogP contribution in [0.3, 0.4) is 0 Å². The highest BCUT2D eigenvalue weighted by Gasteiger charge is 2.61. The van der Waals surface area contributed by atoms with Crippen molar-refractivity contribution in [3.63, 3.8) is 0 Å². The number of halogens is 2. The molecule has 1 aromatic rings. The second-order valence-electron chi connectivity index (χ2n) is 9.43. The van der Waals surface area contributed by atoms with Crippen LogP contribution in [0, 0.1) is 29.0 Å². The number of fused-ring (bicyclic) bond motifs is 1. The summed E-state index contributed by atoms with van der Waals surface area (Å²) in [4.78, 5) is 0. The van der Waals surface area contributed by atoms with Gasteiger partial charge in [-0.2, -0.15) is 0 Å². The highest BCUT2D eigenvalue weighted by Crippen LogP contribution is 2.68. The third-order valence-corrected chi connectivity index (χ3v) is 12.9. The van der Waals surface area contributed by atoms with E-state index in [1.807, 2.05) is 0 Å². The molecule has 2 aliphatic carbocycles. The first-order chi connectivity index (χ1) is 12.8. The van der Waals surface area contributed by atoms with Gasteiger partial charge in [0.05, 0.1) is 6.10 Å². The molecule has 3 rings (SSSR count). The van der Waals surface area contributed by atoms with Crippen LogP contribution in [-0.2, 0) is 4.43 Å². The molecule has 0 N–H and O–H groups in total. The van der Waals surface area contributed by atoms with E-state index in [1.165, 1.54) is 18.9 Å². The molecular formula is C23H36ClFOSi. The minimum atomic E-state index is -1.84. The zero-order valence-electron chi connectivity index (χ0n) is 17.7. The Labute approximate surface area is 171 Å². The summed E-state index contributed by atoms with van der Waals surface area (Å²) < 4.78 is 21.5. The number of hydrogen-bond donors (Lipinski definition) is 0. The van der Waals surface area contributed by atoms with Gasteiger partial charge in [0, 0.05) is 10.6 Å². The third kappa shape index (κ3) is 4.16. The molecule has 0 saturated heterocycles. The van der Waals surface area contributed by atoms with Crippen LogP contribution in [0.15, 0.2) is 18.2 Å². The zero-order valence-corrected chi connectivity index (χ0v) is 19.4. The molecule has 1 nitrogen and oxygen atoms in total. The predicted molar refractivity (Wildman–Crippen MR) is 115 cm³/mol. The summed E-state index contributed by atoms with van der Waals surface area (Å²) in [7, 11) is -1.84. The normalized spacial score (nSPS) is 27.4. The Kier molecular flexibility index (Phi) is 6.45. The maximum Gasteiger partial charge on any atom is 0.192 e. The molecule has 0 radical (unpaired) electrons. The van der Waals surface area contributed by atoms with E-state index in [0.29, 0.717) is 16.0 Å². The summed E-state index contributed by atoms with van der Waals surface area (Å²) in [5, 5.41) is 0.515. The lowest BCUT2D eigenvalue weighted by Gasteiger charge is -2.34. The second kappa shape index (κ2) is 8.16. The first-order valence-corrected chi connectivity index (χ1v) is 13.8. The Morgan fingerprint density at radius 1 is 1.15 bits per heavy atom. The molecule has 2 aliphatic rings. The van der Waals surface area contributed by atoms with Crippen LogP contribution >= 0.6 is 11.6 Å².